The maximum Gasteiger partial charge on any atom is 0.223 e. The predicted octanol–water partition coefficient (Wildman–Crippen LogP) is 1.16. The molecule has 0 radical (unpaired) electrons. The Morgan fingerprint density at radius 1 is 1.27 bits per heavy atom. The molecule has 1 aliphatic rings. The van der Waals surface area contributed by atoms with Gasteiger partial charge in [0, 0.05) is 25.6 Å². The molecule has 0 bridgehead atoms. The van der Waals surface area contributed by atoms with Crippen LogP contribution in [0.3, 0.4) is 0 Å². The van der Waals surface area contributed by atoms with Crippen molar-refractivity contribution in [3.8, 4) is 0 Å². The highest BCUT2D eigenvalue weighted by atomic mass is 32.2. The molecule has 7 heteroatoms. The van der Waals surface area contributed by atoms with Gasteiger partial charge in [-0.3, -0.25) is 4.79 Å². The Kier molecular flexibility index (Phi) is 5.52. The molecule has 1 saturated carbocycles. The molecule has 122 valence electrons. The van der Waals surface area contributed by atoms with E-state index in [2.05, 4.69) is 5.32 Å². The SMILES string of the molecule is CS(=O)(=O)N(CCNC(=O)C1CC1)CCc1ccc(F)cc1. The number of benzene rings is 1. The maximum atomic E-state index is 12.8. The zero-order valence-electron chi connectivity index (χ0n) is 12.6. The molecule has 0 spiro atoms. The van der Waals surface area contributed by atoms with Gasteiger partial charge in [0.1, 0.15) is 5.82 Å². The van der Waals surface area contributed by atoms with Gasteiger partial charge in [0.15, 0.2) is 0 Å². The van der Waals surface area contributed by atoms with Crippen LogP contribution in [-0.2, 0) is 21.2 Å². The Morgan fingerprint density at radius 3 is 2.45 bits per heavy atom. The summed E-state index contributed by atoms with van der Waals surface area (Å²) in [5, 5.41) is 2.76. The first-order valence-electron chi connectivity index (χ1n) is 7.33. The molecule has 1 aromatic rings. The number of hydrogen-bond donors (Lipinski definition) is 1. The average Bonchev–Trinajstić information content (AvgIpc) is 3.27. The number of carbonyl (C=O) groups is 1. The van der Waals surface area contributed by atoms with Gasteiger partial charge in [-0.2, -0.15) is 0 Å². The summed E-state index contributed by atoms with van der Waals surface area (Å²) in [4.78, 5) is 11.5. The summed E-state index contributed by atoms with van der Waals surface area (Å²) in [5.74, 6) is -0.190. The van der Waals surface area contributed by atoms with Crippen LogP contribution in [-0.4, -0.2) is 44.5 Å². The maximum absolute atomic E-state index is 12.8. The molecule has 0 heterocycles. The number of sulfonamides is 1. The summed E-state index contributed by atoms with van der Waals surface area (Å²) in [7, 11) is -3.34. The topological polar surface area (TPSA) is 66.5 Å². The quantitative estimate of drug-likeness (QED) is 0.779. The third-order valence-electron chi connectivity index (χ3n) is 3.64. The van der Waals surface area contributed by atoms with Crippen LogP contribution in [0.2, 0.25) is 0 Å². The number of carbonyl (C=O) groups excluding carboxylic acids is 1. The number of hydrogen-bond acceptors (Lipinski definition) is 3. The van der Waals surface area contributed by atoms with E-state index >= 15 is 0 Å². The Balaban J connectivity index is 1.83. The van der Waals surface area contributed by atoms with Gasteiger partial charge in [-0.05, 0) is 37.0 Å². The van der Waals surface area contributed by atoms with Crippen LogP contribution in [0.1, 0.15) is 18.4 Å². The molecule has 1 fully saturated rings. The fraction of sp³-hybridized carbons (Fsp3) is 0.533. The highest BCUT2D eigenvalue weighted by Gasteiger charge is 2.29. The van der Waals surface area contributed by atoms with E-state index in [0.717, 1.165) is 24.7 Å². The third kappa shape index (κ3) is 5.38. The molecule has 1 aliphatic carbocycles. The summed E-state index contributed by atoms with van der Waals surface area (Å²) in [6.45, 7) is 0.869. The summed E-state index contributed by atoms with van der Waals surface area (Å²) in [6.07, 6.45) is 3.50. The Labute approximate surface area is 130 Å². The largest absolute Gasteiger partial charge is 0.355 e. The van der Waals surface area contributed by atoms with E-state index in [1.807, 2.05) is 0 Å². The third-order valence-corrected chi connectivity index (χ3v) is 4.94. The van der Waals surface area contributed by atoms with E-state index < -0.39 is 10.0 Å². The fourth-order valence-electron chi connectivity index (χ4n) is 2.14. The molecule has 0 unspecified atom stereocenters. The van der Waals surface area contributed by atoms with Gasteiger partial charge in [-0.25, -0.2) is 17.1 Å². The Morgan fingerprint density at radius 2 is 1.91 bits per heavy atom. The van der Waals surface area contributed by atoms with Gasteiger partial charge >= 0.3 is 0 Å². The smallest absolute Gasteiger partial charge is 0.223 e. The number of nitrogens with zero attached hydrogens (tertiary/aromatic N) is 1. The van der Waals surface area contributed by atoms with E-state index in [1.165, 1.54) is 16.4 Å². The molecular weight excluding hydrogens is 307 g/mol. The van der Waals surface area contributed by atoms with Crippen molar-refractivity contribution in [2.24, 2.45) is 5.92 Å². The summed E-state index contributed by atoms with van der Waals surface area (Å²) < 4.78 is 37.7. The van der Waals surface area contributed by atoms with E-state index in [-0.39, 0.29) is 24.2 Å². The van der Waals surface area contributed by atoms with Crippen molar-refractivity contribution in [3.63, 3.8) is 0 Å². The van der Waals surface area contributed by atoms with E-state index in [4.69, 9.17) is 0 Å². The molecule has 1 N–H and O–H groups in total. The lowest BCUT2D eigenvalue weighted by Gasteiger charge is -2.20. The van der Waals surface area contributed by atoms with Crippen molar-refractivity contribution in [1.82, 2.24) is 9.62 Å². The highest BCUT2D eigenvalue weighted by molar-refractivity contribution is 7.88. The first-order chi connectivity index (χ1) is 10.4. The van der Waals surface area contributed by atoms with Crippen LogP contribution in [0, 0.1) is 11.7 Å². The lowest BCUT2D eigenvalue weighted by atomic mass is 10.1. The van der Waals surface area contributed by atoms with Gasteiger partial charge in [-0.15, -0.1) is 0 Å². The molecule has 22 heavy (non-hydrogen) atoms. The van der Waals surface area contributed by atoms with E-state index in [0.29, 0.717) is 19.5 Å². The van der Waals surface area contributed by atoms with Crippen LogP contribution >= 0.6 is 0 Å². The molecule has 2 rings (SSSR count). The summed E-state index contributed by atoms with van der Waals surface area (Å²) >= 11 is 0. The van der Waals surface area contributed by atoms with Crippen LogP contribution in [0.5, 0.6) is 0 Å². The molecule has 0 aliphatic heterocycles. The molecule has 1 aromatic carbocycles. The minimum atomic E-state index is -3.34. The Bertz CT molecular complexity index is 612. The zero-order chi connectivity index (χ0) is 16.2. The van der Waals surface area contributed by atoms with Crippen molar-refractivity contribution in [2.45, 2.75) is 19.3 Å². The molecular formula is C15H21FN2O3S. The minimum absolute atomic E-state index is 0.00647. The van der Waals surface area contributed by atoms with Gasteiger partial charge in [0.2, 0.25) is 15.9 Å². The Hall–Kier alpha value is -1.47. The van der Waals surface area contributed by atoms with E-state index in [9.17, 15) is 17.6 Å². The van der Waals surface area contributed by atoms with E-state index in [1.54, 1.807) is 12.1 Å². The molecule has 1 amide bonds. The molecule has 0 aromatic heterocycles. The van der Waals surface area contributed by atoms with Gasteiger partial charge in [-0.1, -0.05) is 12.1 Å². The second kappa shape index (κ2) is 7.19. The van der Waals surface area contributed by atoms with Crippen molar-refractivity contribution in [3.05, 3.63) is 35.6 Å². The van der Waals surface area contributed by atoms with Gasteiger partial charge in [0.25, 0.3) is 0 Å². The second-order valence-electron chi connectivity index (χ2n) is 5.60. The number of halogens is 1. The molecule has 0 atom stereocenters. The lowest BCUT2D eigenvalue weighted by Crippen LogP contribution is -2.39. The number of rotatable bonds is 8. The molecule has 0 saturated heterocycles. The standard InChI is InChI=1S/C15H21FN2O3S/c1-22(20,21)18(11-9-17-15(19)13-4-5-13)10-8-12-2-6-14(16)7-3-12/h2-3,6-7,13H,4-5,8-11H2,1H3,(H,17,19). The monoisotopic (exact) mass is 328 g/mol. The number of amides is 1. The van der Waals surface area contributed by atoms with Crippen molar-refractivity contribution >= 4 is 15.9 Å². The van der Waals surface area contributed by atoms with Crippen molar-refractivity contribution in [1.29, 1.82) is 0 Å². The van der Waals surface area contributed by atoms with Crippen LogP contribution in [0.4, 0.5) is 4.39 Å². The summed E-state index contributed by atoms with van der Waals surface area (Å²) in [5.41, 5.74) is 0.872. The van der Waals surface area contributed by atoms with Crippen molar-refractivity contribution in [2.75, 3.05) is 25.9 Å². The predicted molar refractivity (Wildman–Crippen MR) is 82.3 cm³/mol. The highest BCUT2D eigenvalue weighted by Crippen LogP contribution is 2.28. The summed E-state index contributed by atoms with van der Waals surface area (Å²) in [6, 6.07) is 6.00. The van der Waals surface area contributed by atoms with Crippen LogP contribution < -0.4 is 5.32 Å². The normalized spacial score (nSPS) is 15.0. The first kappa shape index (κ1) is 16.9. The molecule has 5 nitrogen and oxygen atoms in total. The lowest BCUT2D eigenvalue weighted by molar-refractivity contribution is -0.122. The second-order valence-corrected chi connectivity index (χ2v) is 7.59. The zero-order valence-corrected chi connectivity index (χ0v) is 13.4. The minimum Gasteiger partial charge on any atom is -0.355 e. The van der Waals surface area contributed by atoms with Crippen LogP contribution in [0.15, 0.2) is 24.3 Å². The average molecular weight is 328 g/mol. The number of nitrogens with one attached hydrogen (secondary N) is 1. The van der Waals surface area contributed by atoms with Crippen LogP contribution in [0.25, 0.3) is 0 Å². The van der Waals surface area contributed by atoms with Gasteiger partial charge < -0.3 is 5.32 Å². The van der Waals surface area contributed by atoms with Gasteiger partial charge in [0.05, 0.1) is 6.26 Å². The first-order valence-corrected chi connectivity index (χ1v) is 9.18. The fourth-order valence-corrected chi connectivity index (χ4v) is 2.99. The van der Waals surface area contributed by atoms with Crippen molar-refractivity contribution < 1.29 is 17.6 Å².